The highest BCUT2D eigenvalue weighted by atomic mass is 15.0. The van der Waals surface area contributed by atoms with Crippen molar-refractivity contribution in [3.8, 4) is 22.3 Å². The Hall–Kier alpha value is -4.10. The van der Waals surface area contributed by atoms with Crippen molar-refractivity contribution in [1.82, 2.24) is 4.57 Å². The Morgan fingerprint density at radius 3 is 2.06 bits per heavy atom. The Morgan fingerprint density at radius 2 is 1.38 bits per heavy atom. The van der Waals surface area contributed by atoms with E-state index in [9.17, 15) is 0 Å². The number of fused-ring (bicyclic) bond motifs is 3. The minimum Gasteiger partial charge on any atom is -0.309 e. The van der Waals surface area contributed by atoms with Crippen LogP contribution in [0.3, 0.4) is 0 Å². The first-order valence-corrected chi connectivity index (χ1v) is 11.0. The van der Waals surface area contributed by atoms with E-state index in [0.29, 0.717) is 0 Å². The van der Waals surface area contributed by atoms with Crippen LogP contribution in [0.4, 0.5) is 0 Å². The van der Waals surface area contributed by atoms with Crippen LogP contribution in [0.2, 0.25) is 0 Å². The molecule has 0 amide bonds. The Morgan fingerprint density at radius 1 is 0.719 bits per heavy atom. The van der Waals surface area contributed by atoms with Gasteiger partial charge in [-0.15, -0.1) is 0 Å². The number of nitrogens with zero attached hydrogens (tertiary/aromatic N) is 1. The van der Waals surface area contributed by atoms with E-state index in [1.807, 2.05) is 6.08 Å². The molecular weight excluding hydrogens is 386 g/mol. The first-order valence-electron chi connectivity index (χ1n) is 11.0. The minimum atomic E-state index is 1.10. The first-order chi connectivity index (χ1) is 15.8. The Bertz CT molecular complexity index is 1470. The molecule has 0 atom stereocenters. The Labute approximate surface area is 189 Å². The number of aromatic nitrogens is 1. The number of hydrogen-bond donors (Lipinski definition) is 0. The van der Waals surface area contributed by atoms with Gasteiger partial charge in [0.2, 0.25) is 0 Å². The van der Waals surface area contributed by atoms with E-state index in [0.717, 1.165) is 5.70 Å². The fourth-order valence-electron chi connectivity index (χ4n) is 4.51. The number of hydrogen-bond acceptors (Lipinski definition) is 0. The first kappa shape index (κ1) is 19.8. The molecule has 4 aromatic carbocycles. The number of benzene rings is 4. The monoisotopic (exact) mass is 411 g/mol. The van der Waals surface area contributed by atoms with Crippen LogP contribution in [0.1, 0.15) is 6.92 Å². The van der Waals surface area contributed by atoms with E-state index in [-0.39, 0.29) is 0 Å². The SMILES string of the molecule is C=C/C=C(\C=C/C)n1c2ccccc2c2c(-c3ccccc3)cc(-c3ccccc3)cc21. The van der Waals surface area contributed by atoms with Gasteiger partial charge in [0.25, 0.3) is 0 Å². The molecule has 0 bridgehead atoms. The van der Waals surface area contributed by atoms with Gasteiger partial charge in [-0.3, -0.25) is 0 Å². The average Bonchev–Trinajstić information content (AvgIpc) is 3.19. The van der Waals surface area contributed by atoms with Gasteiger partial charge in [-0.2, -0.15) is 0 Å². The van der Waals surface area contributed by atoms with Gasteiger partial charge < -0.3 is 4.57 Å². The summed E-state index contributed by atoms with van der Waals surface area (Å²) < 4.78 is 2.35. The Kier molecular flexibility index (Phi) is 5.31. The molecule has 0 radical (unpaired) electrons. The van der Waals surface area contributed by atoms with E-state index < -0.39 is 0 Å². The molecule has 0 saturated heterocycles. The van der Waals surface area contributed by atoms with Gasteiger partial charge in [0.1, 0.15) is 0 Å². The van der Waals surface area contributed by atoms with Gasteiger partial charge in [-0.1, -0.05) is 97.6 Å². The summed E-state index contributed by atoms with van der Waals surface area (Å²) in [6.45, 7) is 6.01. The van der Waals surface area contributed by atoms with Crippen LogP contribution in [-0.2, 0) is 0 Å². The van der Waals surface area contributed by atoms with Crippen LogP contribution in [0.25, 0.3) is 49.8 Å². The van der Waals surface area contributed by atoms with E-state index in [1.54, 1.807) is 0 Å². The molecule has 1 nitrogen and oxygen atoms in total. The predicted octanol–water partition coefficient (Wildman–Crippen LogP) is 8.73. The quantitative estimate of drug-likeness (QED) is 0.255. The lowest BCUT2D eigenvalue weighted by Crippen LogP contribution is -1.95. The zero-order valence-corrected chi connectivity index (χ0v) is 18.2. The third-order valence-corrected chi connectivity index (χ3v) is 5.85. The lowest BCUT2D eigenvalue weighted by molar-refractivity contribution is 1.24. The number of rotatable bonds is 5. The summed E-state index contributed by atoms with van der Waals surface area (Å²) >= 11 is 0. The molecule has 0 fully saturated rings. The van der Waals surface area contributed by atoms with Crippen molar-refractivity contribution in [1.29, 1.82) is 0 Å². The molecule has 0 N–H and O–H groups in total. The third-order valence-electron chi connectivity index (χ3n) is 5.85. The smallest absolute Gasteiger partial charge is 0.0553 e. The predicted molar refractivity (Wildman–Crippen MR) is 140 cm³/mol. The maximum Gasteiger partial charge on any atom is 0.0553 e. The topological polar surface area (TPSA) is 4.93 Å². The van der Waals surface area contributed by atoms with Crippen molar-refractivity contribution < 1.29 is 0 Å². The highest BCUT2D eigenvalue weighted by Gasteiger charge is 2.18. The zero-order valence-electron chi connectivity index (χ0n) is 18.2. The summed E-state index contributed by atoms with van der Waals surface area (Å²) in [5, 5.41) is 2.52. The fourth-order valence-corrected chi connectivity index (χ4v) is 4.51. The molecule has 0 aliphatic rings. The molecule has 0 saturated carbocycles. The molecule has 0 aliphatic carbocycles. The summed E-state index contributed by atoms with van der Waals surface area (Å²) in [5.74, 6) is 0. The molecule has 32 heavy (non-hydrogen) atoms. The summed E-state index contributed by atoms with van der Waals surface area (Å²) in [6.07, 6.45) is 8.15. The molecule has 0 spiro atoms. The van der Waals surface area contributed by atoms with Crippen molar-refractivity contribution in [3.63, 3.8) is 0 Å². The van der Waals surface area contributed by atoms with Gasteiger partial charge in [0.05, 0.1) is 11.0 Å². The summed E-state index contributed by atoms with van der Waals surface area (Å²) in [6, 6.07) is 34.6. The van der Waals surface area contributed by atoms with Crippen molar-refractivity contribution in [2.24, 2.45) is 0 Å². The molecule has 5 aromatic rings. The zero-order chi connectivity index (χ0) is 21.9. The van der Waals surface area contributed by atoms with Crippen LogP contribution in [0, 0.1) is 0 Å². The van der Waals surface area contributed by atoms with Crippen LogP contribution in [-0.4, -0.2) is 4.57 Å². The Balaban J connectivity index is 1.98. The van der Waals surface area contributed by atoms with E-state index in [1.165, 1.54) is 44.1 Å². The fraction of sp³-hybridized carbons (Fsp3) is 0.0323. The third kappa shape index (κ3) is 3.38. The highest BCUT2D eigenvalue weighted by molar-refractivity contribution is 6.17. The van der Waals surface area contributed by atoms with Crippen molar-refractivity contribution in [2.45, 2.75) is 6.92 Å². The second kappa shape index (κ2) is 8.56. The molecule has 5 rings (SSSR count). The normalized spacial score (nSPS) is 12.1. The van der Waals surface area contributed by atoms with E-state index in [2.05, 4.69) is 133 Å². The van der Waals surface area contributed by atoms with Crippen LogP contribution >= 0.6 is 0 Å². The molecule has 0 unspecified atom stereocenters. The molecule has 154 valence electrons. The highest BCUT2D eigenvalue weighted by Crippen LogP contribution is 2.41. The van der Waals surface area contributed by atoms with Gasteiger partial charge in [-0.05, 0) is 59.5 Å². The van der Waals surface area contributed by atoms with Gasteiger partial charge >= 0.3 is 0 Å². The van der Waals surface area contributed by atoms with Gasteiger partial charge in [-0.25, -0.2) is 0 Å². The summed E-state index contributed by atoms with van der Waals surface area (Å²) in [5.41, 5.74) is 8.36. The van der Waals surface area contributed by atoms with E-state index in [4.69, 9.17) is 0 Å². The van der Waals surface area contributed by atoms with Crippen molar-refractivity contribution in [2.75, 3.05) is 0 Å². The van der Waals surface area contributed by atoms with Crippen molar-refractivity contribution >= 4 is 27.5 Å². The minimum absolute atomic E-state index is 1.10. The summed E-state index contributed by atoms with van der Waals surface area (Å²) in [4.78, 5) is 0. The van der Waals surface area contributed by atoms with Gasteiger partial charge in [0.15, 0.2) is 0 Å². The molecule has 1 heteroatoms. The van der Waals surface area contributed by atoms with Crippen molar-refractivity contribution in [3.05, 3.63) is 128 Å². The van der Waals surface area contributed by atoms with Crippen LogP contribution < -0.4 is 0 Å². The van der Waals surface area contributed by atoms with Gasteiger partial charge in [0, 0.05) is 16.5 Å². The molecule has 1 aromatic heterocycles. The lowest BCUT2D eigenvalue weighted by atomic mass is 9.94. The second-order valence-electron chi connectivity index (χ2n) is 7.83. The molecule has 1 heterocycles. The lowest BCUT2D eigenvalue weighted by Gasteiger charge is -2.12. The maximum absolute atomic E-state index is 3.96. The van der Waals surface area contributed by atoms with Crippen LogP contribution in [0.15, 0.2) is 128 Å². The number of allylic oxidation sites excluding steroid dienone is 5. The largest absolute Gasteiger partial charge is 0.309 e. The maximum atomic E-state index is 3.96. The van der Waals surface area contributed by atoms with Crippen LogP contribution in [0.5, 0.6) is 0 Å². The number of para-hydroxylation sites is 1. The average molecular weight is 412 g/mol. The summed E-state index contributed by atoms with van der Waals surface area (Å²) in [7, 11) is 0. The standard InChI is InChI=1S/C31H25N/c1-3-13-26(14-4-2)32-29-20-12-11-19-27(29)31-28(24-17-9-6-10-18-24)21-25(22-30(31)32)23-15-7-5-8-16-23/h3-22H,1H2,2H3/b14-4-,26-13+. The van der Waals surface area contributed by atoms with E-state index >= 15 is 0 Å². The molecule has 0 aliphatic heterocycles. The second-order valence-corrected chi connectivity index (χ2v) is 7.83. The molecular formula is C31H25N.